The smallest absolute Gasteiger partial charge is 0.227 e. The number of thiazole rings is 1. The van der Waals surface area contributed by atoms with Crippen LogP contribution in [-0.4, -0.2) is 19.9 Å². The number of nitrogen functional groups attached to an aromatic ring is 1. The molecule has 0 aliphatic carbocycles. The minimum atomic E-state index is 0.441. The van der Waals surface area contributed by atoms with E-state index in [1.165, 1.54) is 4.70 Å². The van der Waals surface area contributed by atoms with Gasteiger partial charge in [0, 0.05) is 5.69 Å². The number of nitrogens with one attached hydrogen (secondary N) is 1. The molecule has 3 heterocycles. The van der Waals surface area contributed by atoms with Crippen LogP contribution in [0.4, 0.5) is 11.8 Å². The fourth-order valence-corrected chi connectivity index (χ4v) is 3.65. The van der Waals surface area contributed by atoms with Crippen LogP contribution in [0.1, 0.15) is 16.3 Å². The maximum absolute atomic E-state index is 6.09. The zero-order valence-corrected chi connectivity index (χ0v) is 14.2. The molecular weight excluding hydrogens is 320 g/mol. The second-order valence-electron chi connectivity index (χ2n) is 5.64. The number of hydrogen-bond acceptors (Lipinski definition) is 7. The molecule has 0 saturated carbocycles. The van der Waals surface area contributed by atoms with Gasteiger partial charge in [0.1, 0.15) is 10.8 Å². The number of aryl methyl sites for hydroxylation is 2. The second kappa shape index (κ2) is 5.68. The zero-order chi connectivity index (χ0) is 16.7. The Kier molecular flexibility index (Phi) is 3.50. The second-order valence-corrected chi connectivity index (χ2v) is 6.76. The van der Waals surface area contributed by atoms with Crippen LogP contribution < -0.4 is 11.1 Å². The lowest BCUT2D eigenvalue weighted by Crippen LogP contribution is -2.07. The van der Waals surface area contributed by atoms with Crippen molar-refractivity contribution >= 4 is 44.4 Å². The van der Waals surface area contributed by atoms with Gasteiger partial charge in [-0.2, -0.15) is 9.97 Å². The lowest BCUT2D eigenvalue weighted by atomic mass is 10.1. The Bertz CT molecular complexity index is 1020. The van der Waals surface area contributed by atoms with Crippen LogP contribution in [0.15, 0.2) is 30.3 Å². The predicted octanol–water partition coefficient (Wildman–Crippen LogP) is 3.45. The summed E-state index contributed by atoms with van der Waals surface area (Å²) in [6.07, 6.45) is 0. The van der Waals surface area contributed by atoms with Crippen LogP contribution in [0.3, 0.4) is 0 Å². The van der Waals surface area contributed by atoms with Crippen molar-refractivity contribution in [3.8, 4) is 0 Å². The molecule has 7 heteroatoms. The van der Waals surface area contributed by atoms with Gasteiger partial charge in [-0.1, -0.05) is 12.1 Å². The number of pyridine rings is 1. The van der Waals surface area contributed by atoms with Gasteiger partial charge in [0.15, 0.2) is 5.65 Å². The van der Waals surface area contributed by atoms with Gasteiger partial charge in [-0.3, -0.25) is 0 Å². The van der Waals surface area contributed by atoms with E-state index in [2.05, 4.69) is 31.3 Å². The summed E-state index contributed by atoms with van der Waals surface area (Å²) >= 11 is 1.65. The first-order valence-electron chi connectivity index (χ1n) is 7.60. The highest BCUT2D eigenvalue weighted by Crippen LogP contribution is 2.24. The number of nitrogens with zero attached hydrogens (tertiary/aromatic N) is 4. The van der Waals surface area contributed by atoms with Gasteiger partial charge < -0.3 is 11.1 Å². The van der Waals surface area contributed by atoms with E-state index in [-0.39, 0.29) is 0 Å². The van der Waals surface area contributed by atoms with Crippen LogP contribution in [0.2, 0.25) is 0 Å². The molecule has 1 aromatic carbocycles. The average molecular weight is 336 g/mol. The van der Waals surface area contributed by atoms with E-state index in [0.29, 0.717) is 24.0 Å². The molecule has 0 atom stereocenters. The van der Waals surface area contributed by atoms with E-state index in [1.54, 1.807) is 11.3 Å². The predicted molar refractivity (Wildman–Crippen MR) is 98.2 cm³/mol. The highest BCUT2D eigenvalue weighted by atomic mass is 32.1. The van der Waals surface area contributed by atoms with Gasteiger partial charge in [-0.25, -0.2) is 9.97 Å². The first-order chi connectivity index (χ1) is 11.6. The maximum Gasteiger partial charge on any atom is 0.227 e. The Labute approximate surface area is 142 Å². The molecule has 0 bridgehead atoms. The molecule has 0 aliphatic rings. The Hall–Kier alpha value is -2.80. The topological polar surface area (TPSA) is 89.6 Å². The quantitative estimate of drug-likeness (QED) is 0.595. The van der Waals surface area contributed by atoms with Gasteiger partial charge in [0.25, 0.3) is 0 Å². The Morgan fingerprint density at radius 1 is 1.08 bits per heavy atom. The lowest BCUT2D eigenvalue weighted by Gasteiger charge is -2.08. The molecule has 0 radical (unpaired) electrons. The molecule has 0 spiro atoms. The lowest BCUT2D eigenvalue weighted by molar-refractivity contribution is 1.05. The molecule has 0 unspecified atom stereocenters. The summed E-state index contributed by atoms with van der Waals surface area (Å²) in [7, 11) is 0. The number of hydrogen-bond donors (Lipinski definition) is 2. The van der Waals surface area contributed by atoms with E-state index in [1.807, 2.05) is 38.1 Å². The van der Waals surface area contributed by atoms with Crippen molar-refractivity contribution in [1.82, 2.24) is 19.9 Å². The first-order valence-corrected chi connectivity index (χ1v) is 8.41. The third-order valence-electron chi connectivity index (χ3n) is 3.76. The Morgan fingerprint density at radius 2 is 1.92 bits per heavy atom. The van der Waals surface area contributed by atoms with Crippen LogP contribution in [0, 0.1) is 13.8 Å². The molecule has 0 amide bonds. The summed E-state index contributed by atoms with van der Waals surface area (Å²) in [5.41, 5.74) is 9.66. The summed E-state index contributed by atoms with van der Waals surface area (Å²) in [5.74, 6) is 0.911. The van der Waals surface area contributed by atoms with Gasteiger partial charge in [-0.15, -0.1) is 11.3 Å². The molecular formula is C17H16N6S. The normalized spacial score (nSPS) is 11.2. The largest absolute Gasteiger partial charge is 0.383 e. The average Bonchev–Trinajstić information content (AvgIpc) is 2.94. The minimum absolute atomic E-state index is 0.441. The van der Waals surface area contributed by atoms with Gasteiger partial charge in [-0.05, 0) is 37.6 Å². The van der Waals surface area contributed by atoms with Crippen molar-refractivity contribution in [2.45, 2.75) is 20.4 Å². The Balaban J connectivity index is 1.64. The van der Waals surface area contributed by atoms with E-state index < -0.39 is 0 Å². The molecule has 0 fully saturated rings. The van der Waals surface area contributed by atoms with Crippen molar-refractivity contribution in [2.24, 2.45) is 0 Å². The fourth-order valence-electron chi connectivity index (χ4n) is 2.74. The summed E-state index contributed by atoms with van der Waals surface area (Å²) in [5, 5.41) is 4.99. The first kappa shape index (κ1) is 14.8. The van der Waals surface area contributed by atoms with Crippen molar-refractivity contribution in [2.75, 3.05) is 11.1 Å². The summed E-state index contributed by atoms with van der Waals surface area (Å²) in [6.45, 7) is 4.49. The third-order valence-corrected chi connectivity index (χ3v) is 4.79. The van der Waals surface area contributed by atoms with Gasteiger partial charge in [0.05, 0.1) is 22.1 Å². The Morgan fingerprint density at radius 3 is 2.75 bits per heavy atom. The van der Waals surface area contributed by atoms with Crippen LogP contribution in [0.25, 0.3) is 21.3 Å². The molecule has 6 nitrogen and oxygen atoms in total. The highest BCUT2D eigenvalue weighted by molar-refractivity contribution is 7.18. The highest BCUT2D eigenvalue weighted by Gasteiger charge is 2.10. The molecule has 4 rings (SSSR count). The number of aromatic nitrogens is 4. The minimum Gasteiger partial charge on any atom is -0.383 e. The van der Waals surface area contributed by atoms with Crippen molar-refractivity contribution in [3.05, 3.63) is 46.6 Å². The molecule has 24 heavy (non-hydrogen) atoms. The number of nitrogens with two attached hydrogens (primary N) is 1. The van der Waals surface area contributed by atoms with Crippen molar-refractivity contribution < 1.29 is 0 Å². The molecule has 120 valence electrons. The molecule has 3 N–H and O–H groups in total. The van der Waals surface area contributed by atoms with E-state index in [9.17, 15) is 0 Å². The number of benzene rings is 1. The zero-order valence-electron chi connectivity index (χ0n) is 13.4. The summed E-state index contributed by atoms with van der Waals surface area (Å²) in [4.78, 5) is 17.9. The van der Waals surface area contributed by atoms with Gasteiger partial charge in [0.2, 0.25) is 5.95 Å². The molecule has 0 saturated heterocycles. The summed E-state index contributed by atoms with van der Waals surface area (Å²) in [6, 6.07) is 10.1. The third kappa shape index (κ3) is 2.63. The SMILES string of the molecule is Cc1cc(C)c2c(N)nc(NCc3nc4ccccc4s3)nc2n1. The monoisotopic (exact) mass is 336 g/mol. The number of rotatable bonds is 3. The maximum atomic E-state index is 6.09. The standard InChI is InChI=1S/C17H16N6S/c1-9-7-10(2)20-16-14(9)15(18)22-17(23-16)19-8-13-21-11-5-3-4-6-12(11)24-13/h3-7H,8H2,1-2H3,(H3,18,19,20,22,23). The number of fused-ring (bicyclic) bond motifs is 2. The molecule has 4 aromatic rings. The summed E-state index contributed by atoms with van der Waals surface area (Å²) < 4.78 is 1.17. The van der Waals surface area contributed by atoms with Crippen LogP contribution in [-0.2, 0) is 6.54 Å². The van der Waals surface area contributed by atoms with Crippen molar-refractivity contribution in [3.63, 3.8) is 0 Å². The number of anilines is 2. The van der Waals surface area contributed by atoms with E-state index in [0.717, 1.165) is 27.2 Å². The van der Waals surface area contributed by atoms with Crippen molar-refractivity contribution in [1.29, 1.82) is 0 Å². The van der Waals surface area contributed by atoms with E-state index >= 15 is 0 Å². The van der Waals surface area contributed by atoms with Crippen LogP contribution in [0.5, 0.6) is 0 Å². The number of para-hydroxylation sites is 1. The molecule has 0 aliphatic heterocycles. The fraction of sp³-hybridized carbons (Fsp3) is 0.176. The van der Waals surface area contributed by atoms with E-state index in [4.69, 9.17) is 5.73 Å². The van der Waals surface area contributed by atoms with Gasteiger partial charge >= 0.3 is 0 Å². The van der Waals surface area contributed by atoms with Crippen LogP contribution >= 0.6 is 11.3 Å². The molecule has 3 aromatic heterocycles.